The van der Waals surface area contributed by atoms with Gasteiger partial charge in [0, 0.05) is 22.3 Å². The molecule has 0 saturated heterocycles. The van der Waals surface area contributed by atoms with Gasteiger partial charge in [-0.3, -0.25) is 0 Å². The zero-order chi connectivity index (χ0) is 31.9. The molecule has 0 amide bonds. The first-order chi connectivity index (χ1) is 23.8. The smallest absolute Gasteiger partial charge is 0.143 e. The van der Waals surface area contributed by atoms with E-state index in [1.807, 2.05) is 0 Å². The zero-order valence-corrected chi connectivity index (χ0v) is 26.3. The largest absolute Gasteiger partial charge is 0.455 e. The van der Waals surface area contributed by atoms with Crippen molar-refractivity contribution in [3.63, 3.8) is 0 Å². The molecule has 2 nitrogen and oxygen atoms in total. The topological polar surface area (TPSA) is 16.4 Å². The van der Waals surface area contributed by atoms with Crippen molar-refractivity contribution in [2.24, 2.45) is 0 Å². The van der Waals surface area contributed by atoms with E-state index in [9.17, 15) is 0 Å². The van der Waals surface area contributed by atoms with Gasteiger partial charge in [0.1, 0.15) is 11.2 Å². The fraction of sp³-hybridized carbons (Fsp3) is 0. The molecule has 0 fully saturated rings. The van der Waals surface area contributed by atoms with Crippen molar-refractivity contribution in [3.8, 4) is 33.4 Å². The lowest BCUT2D eigenvalue weighted by Crippen LogP contribution is -2.10. The molecule has 0 atom stereocenters. The Hall–Kier alpha value is -6.38. The maximum Gasteiger partial charge on any atom is 0.143 e. The summed E-state index contributed by atoms with van der Waals surface area (Å²) >= 11 is 0. The number of hydrogen-bond acceptors (Lipinski definition) is 2. The van der Waals surface area contributed by atoms with Crippen molar-refractivity contribution >= 4 is 49.8 Å². The number of rotatable bonds is 6. The molecular weight excluding hydrogens is 583 g/mol. The van der Waals surface area contributed by atoms with Crippen LogP contribution in [0.25, 0.3) is 66.1 Å². The Labute approximate surface area is 279 Å². The molecule has 1 heterocycles. The lowest BCUT2D eigenvalue weighted by molar-refractivity contribution is 0.670. The van der Waals surface area contributed by atoms with Crippen molar-refractivity contribution in [2.45, 2.75) is 0 Å². The summed E-state index contributed by atoms with van der Waals surface area (Å²) in [6, 6.07) is 66.7. The average molecular weight is 614 g/mol. The van der Waals surface area contributed by atoms with Crippen LogP contribution in [-0.4, -0.2) is 0 Å². The van der Waals surface area contributed by atoms with Crippen molar-refractivity contribution in [1.29, 1.82) is 0 Å². The molecule has 0 aliphatic rings. The van der Waals surface area contributed by atoms with Crippen LogP contribution in [0.15, 0.2) is 192 Å². The molecule has 0 unspecified atom stereocenters. The standard InChI is InChI=1S/C46H31NO/c1-4-13-32(14-5-1)34-23-27-38(28-24-34)47(39-29-25-35(26-30-39)33-15-6-2-7-16-33)42-21-12-22-43-45(42)44-40-20-11-10-19-37(40)31-41(46(44)48-43)36-17-8-3-9-18-36/h1-31H. The number of furan rings is 1. The summed E-state index contributed by atoms with van der Waals surface area (Å²) in [6.07, 6.45) is 0. The van der Waals surface area contributed by atoms with Crippen LogP contribution in [0.2, 0.25) is 0 Å². The maximum atomic E-state index is 6.84. The van der Waals surface area contributed by atoms with Gasteiger partial charge in [0.05, 0.1) is 11.1 Å². The first kappa shape index (κ1) is 27.9. The highest BCUT2D eigenvalue weighted by Gasteiger charge is 2.23. The first-order valence-electron chi connectivity index (χ1n) is 16.4. The zero-order valence-electron chi connectivity index (χ0n) is 26.3. The van der Waals surface area contributed by atoms with E-state index >= 15 is 0 Å². The molecule has 9 aromatic rings. The molecule has 0 aliphatic heterocycles. The Balaban J connectivity index is 1.30. The Morgan fingerprint density at radius 1 is 0.375 bits per heavy atom. The predicted octanol–water partition coefficient (Wildman–Crippen LogP) is 13.2. The summed E-state index contributed by atoms with van der Waals surface area (Å²) in [5.74, 6) is 0. The van der Waals surface area contributed by atoms with Crippen LogP contribution in [0.3, 0.4) is 0 Å². The van der Waals surface area contributed by atoms with Gasteiger partial charge in [0.25, 0.3) is 0 Å². The molecule has 48 heavy (non-hydrogen) atoms. The monoisotopic (exact) mass is 613 g/mol. The van der Waals surface area contributed by atoms with Gasteiger partial charge in [0.15, 0.2) is 0 Å². The van der Waals surface area contributed by atoms with Crippen molar-refractivity contribution < 1.29 is 4.42 Å². The highest BCUT2D eigenvalue weighted by atomic mass is 16.3. The maximum absolute atomic E-state index is 6.84. The minimum atomic E-state index is 0.864. The molecular formula is C46H31NO. The molecule has 0 saturated carbocycles. The molecule has 0 radical (unpaired) electrons. The summed E-state index contributed by atoms with van der Waals surface area (Å²) in [5.41, 5.74) is 12.0. The fourth-order valence-corrected chi connectivity index (χ4v) is 6.96. The van der Waals surface area contributed by atoms with Crippen LogP contribution in [-0.2, 0) is 0 Å². The van der Waals surface area contributed by atoms with E-state index in [2.05, 4.69) is 193 Å². The number of nitrogens with zero attached hydrogens (tertiary/aromatic N) is 1. The van der Waals surface area contributed by atoms with Gasteiger partial charge >= 0.3 is 0 Å². The number of fused-ring (bicyclic) bond motifs is 5. The minimum absolute atomic E-state index is 0.864. The molecule has 0 aliphatic carbocycles. The number of benzene rings is 8. The average Bonchev–Trinajstić information content (AvgIpc) is 3.57. The normalized spacial score (nSPS) is 11.3. The van der Waals surface area contributed by atoms with Crippen molar-refractivity contribution in [3.05, 3.63) is 188 Å². The van der Waals surface area contributed by atoms with Crippen LogP contribution in [0.5, 0.6) is 0 Å². The number of hydrogen-bond donors (Lipinski definition) is 0. The summed E-state index contributed by atoms with van der Waals surface area (Å²) in [7, 11) is 0. The van der Waals surface area contributed by atoms with Crippen LogP contribution >= 0.6 is 0 Å². The van der Waals surface area contributed by atoms with Crippen molar-refractivity contribution in [1.82, 2.24) is 0 Å². The van der Waals surface area contributed by atoms with E-state index in [4.69, 9.17) is 4.42 Å². The second-order valence-electron chi connectivity index (χ2n) is 12.1. The minimum Gasteiger partial charge on any atom is -0.455 e. The predicted molar refractivity (Wildman–Crippen MR) is 202 cm³/mol. The van der Waals surface area contributed by atoms with Gasteiger partial charge in [-0.15, -0.1) is 0 Å². The van der Waals surface area contributed by atoms with E-state index in [1.54, 1.807) is 0 Å². The molecule has 2 heteroatoms. The molecule has 8 aromatic carbocycles. The Kier molecular flexibility index (Phi) is 6.84. The molecule has 226 valence electrons. The van der Waals surface area contributed by atoms with Crippen LogP contribution < -0.4 is 4.90 Å². The molecule has 9 rings (SSSR count). The fourth-order valence-electron chi connectivity index (χ4n) is 6.96. The lowest BCUT2D eigenvalue weighted by atomic mass is 9.95. The molecule has 0 N–H and O–H groups in total. The summed E-state index contributed by atoms with van der Waals surface area (Å²) < 4.78 is 6.84. The molecule has 0 bridgehead atoms. The van der Waals surface area contributed by atoms with E-state index in [0.717, 1.165) is 50.1 Å². The van der Waals surface area contributed by atoms with Gasteiger partial charge in [-0.1, -0.05) is 146 Å². The lowest BCUT2D eigenvalue weighted by Gasteiger charge is -2.27. The third kappa shape index (κ3) is 4.83. The second-order valence-corrected chi connectivity index (χ2v) is 12.1. The second kappa shape index (κ2) is 11.8. The Bertz CT molecular complexity index is 2430. The van der Waals surface area contributed by atoms with Gasteiger partial charge in [-0.25, -0.2) is 0 Å². The highest BCUT2D eigenvalue weighted by Crippen LogP contribution is 2.47. The van der Waals surface area contributed by atoms with Crippen LogP contribution in [0.1, 0.15) is 0 Å². The molecule has 1 aromatic heterocycles. The van der Waals surface area contributed by atoms with Gasteiger partial charge in [-0.2, -0.15) is 0 Å². The Morgan fingerprint density at radius 2 is 0.875 bits per heavy atom. The summed E-state index contributed by atoms with van der Waals surface area (Å²) in [4.78, 5) is 2.37. The number of anilines is 3. The Morgan fingerprint density at radius 3 is 1.46 bits per heavy atom. The SMILES string of the molecule is c1ccc(-c2ccc(N(c3ccc(-c4ccccc4)cc3)c3cccc4oc5c(-c6ccccc6)cc6ccccc6c5c34)cc2)cc1. The third-order valence-electron chi connectivity index (χ3n) is 9.26. The highest BCUT2D eigenvalue weighted by molar-refractivity contribution is 6.26. The van der Waals surface area contributed by atoms with Crippen molar-refractivity contribution in [2.75, 3.05) is 4.90 Å². The van der Waals surface area contributed by atoms with Gasteiger partial charge in [0.2, 0.25) is 0 Å². The molecule has 0 spiro atoms. The van der Waals surface area contributed by atoms with E-state index < -0.39 is 0 Å². The van der Waals surface area contributed by atoms with Gasteiger partial charge < -0.3 is 9.32 Å². The summed E-state index contributed by atoms with van der Waals surface area (Å²) in [6.45, 7) is 0. The van der Waals surface area contributed by atoms with E-state index in [-0.39, 0.29) is 0 Å². The van der Waals surface area contributed by atoms with Gasteiger partial charge in [-0.05, 0) is 81.1 Å². The quantitative estimate of drug-likeness (QED) is 0.185. The summed E-state index contributed by atoms with van der Waals surface area (Å²) in [5, 5.41) is 4.59. The van der Waals surface area contributed by atoms with Crippen LogP contribution in [0.4, 0.5) is 17.1 Å². The third-order valence-corrected chi connectivity index (χ3v) is 9.26. The van der Waals surface area contributed by atoms with Crippen LogP contribution in [0, 0.1) is 0 Å². The van der Waals surface area contributed by atoms with E-state index in [0.29, 0.717) is 0 Å². The first-order valence-corrected chi connectivity index (χ1v) is 16.4. The van der Waals surface area contributed by atoms with E-state index in [1.165, 1.54) is 33.0 Å².